The zero-order valence-electron chi connectivity index (χ0n) is 15.9. The molecule has 1 aromatic rings. The highest BCUT2D eigenvalue weighted by atomic mass is 16.7. The summed E-state index contributed by atoms with van der Waals surface area (Å²) in [5, 5.41) is 4.69. The van der Waals surface area contributed by atoms with Gasteiger partial charge in [0.1, 0.15) is 6.33 Å². The van der Waals surface area contributed by atoms with Crippen LogP contribution < -0.4 is 0 Å². The lowest BCUT2D eigenvalue weighted by molar-refractivity contribution is 0.00578. The number of hydrogen-bond donors (Lipinski definition) is 0. The molecule has 2 aliphatic rings. The first-order valence-electron chi connectivity index (χ1n) is 9.14. The van der Waals surface area contributed by atoms with Crippen LogP contribution in [0.2, 0.25) is 0 Å². The summed E-state index contributed by atoms with van der Waals surface area (Å²) >= 11 is 0. The minimum atomic E-state index is -0.298. The van der Waals surface area contributed by atoms with E-state index in [0.29, 0.717) is 0 Å². The van der Waals surface area contributed by atoms with Gasteiger partial charge in [0, 0.05) is 12.0 Å². The minimum absolute atomic E-state index is 0.143. The van der Waals surface area contributed by atoms with Gasteiger partial charge in [0.25, 0.3) is 0 Å². The van der Waals surface area contributed by atoms with E-state index >= 15 is 0 Å². The van der Waals surface area contributed by atoms with Crippen molar-refractivity contribution >= 4 is 7.12 Å². The van der Waals surface area contributed by atoms with E-state index < -0.39 is 0 Å². The van der Waals surface area contributed by atoms with Crippen LogP contribution in [0.3, 0.4) is 0 Å². The van der Waals surface area contributed by atoms with Crippen LogP contribution in [-0.2, 0) is 21.3 Å². The van der Waals surface area contributed by atoms with Gasteiger partial charge in [-0.25, -0.2) is 4.98 Å². The van der Waals surface area contributed by atoms with E-state index in [1.165, 1.54) is 5.47 Å². The van der Waals surface area contributed by atoms with Gasteiger partial charge in [0.2, 0.25) is 0 Å². The molecule has 0 spiro atoms. The molecule has 1 aromatic heterocycles. The summed E-state index contributed by atoms with van der Waals surface area (Å²) in [5.41, 5.74) is 0.491. The van der Waals surface area contributed by atoms with Crippen molar-refractivity contribution in [2.24, 2.45) is 0 Å². The van der Waals surface area contributed by atoms with Gasteiger partial charge in [0.15, 0.2) is 5.82 Å². The molecule has 132 valence electrons. The highest BCUT2D eigenvalue weighted by Gasteiger charge is 2.53. The molecular weight excluding hydrogens is 301 g/mol. The van der Waals surface area contributed by atoms with Crippen molar-refractivity contribution < 1.29 is 9.31 Å². The largest absolute Gasteiger partial charge is 0.490 e. The number of aryl methyl sites for hydroxylation is 1. The van der Waals surface area contributed by atoms with E-state index in [9.17, 15) is 0 Å². The van der Waals surface area contributed by atoms with Crippen LogP contribution in [0.25, 0.3) is 0 Å². The summed E-state index contributed by atoms with van der Waals surface area (Å²) in [6, 6.07) is 0. The lowest BCUT2D eigenvalue weighted by Gasteiger charge is -2.32. The fourth-order valence-corrected chi connectivity index (χ4v) is 3.46. The topological polar surface area (TPSA) is 49.2 Å². The van der Waals surface area contributed by atoms with Crippen LogP contribution in [0.1, 0.15) is 73.1 Å². The van der Waals surface area contributed by atoms with Crippen molar-refractivity contribution in [3.8, 4) is 0 Å². The summed E-state index contributed by atoms with van der Waals surface area (Å²) in [6.45, 7) is 13.7. The van der Waals surface area contributed by atoms with Gasteiger partial charge < -0.3 is 9.31 Å². The molecule has 5 nitrogen and oxygen atoms in total. The lowest BCUT2D eigenvalue weighted by atomic mass is 9.66. The van der Waals surface area contributed by atoms with Crippen LogP contribution in [0.15, 0.2) is 17.9 Å². The standard InChI is InChI=1S/C18H30BN3O2/c1-7-11-22-13-20-15(21-22)18(6)10-8-9-14(12-18)19-23-16(2,3)17(4,5)24-19/h12-13H,7-11H2,1-6H3. The van der Waals surface area contributed by atoms with Gasteiger partial charge in [0.05, 0.1) is 11.2 Å². The molecule has 1 aliphatic heterocycles. The van der Waals surface area contributed by atoms with E-state index in [4.69, 9.17) is 14.4 Å². The van der Waals surface area contributed by atoms with Gasteiger partial charge in [-0.2, -0.15) is 5.10 Å². The Morgan fingerprint density at radius 3 is 2.46 bits per heavy atom. The van der Waals surface area contributed by atoms with Crippen molar-refractivity contribution in [2.75, 3.05) is 0 Å². The van der Waals surface area contributed by atoms with Crippen LogP contribution in [0, 0.1) is 0 Å². The summed E-state index contributed by atoms with van der Waals surface area (Å²) in [7, 11) is -0.257. The Bertz CT molecular complexity index is 622. The molecule has 0 saturated carbocycles. The number of hydrogen-bond acceptors (Lipinski definition) is 4. The Labute approximate surface area is 146 Å². The molecule has 1 atom stereocenters. The SMILES string of the molecule is CCCn1cnc(C2(C)C=C(B3OC(C)(C)C(C)(C)O3)CCC2)n1. The van der Waals surface area contributed by atoms with Crippen molar-refractivity contribution in [1.29, 1.82) is 0 Å². The molecule has 3 rings (SSSR count). The van der Waals surface area contributed by atoms with E-state index in [-0.39, 0.29) is 23.7 Å². The van der Waals surface area contributed by atoms with E-state index in [1.54, 1.807) is 0 Å². The molecule has 0 radical (unpaired) electrons. The maximum atomic E-state index is 6.24. The maximum Gasteiger partial charge on any atom is 0.490 e. The highest BCUT2D eigenvalue weighted by Crippen LogP contribution is 2.43. The van der Waals surface area contributed by atoms with Crippen LogP contribution in [0.5, 0.6) is 0 Å². The van der Waals surface area contributed by atoms with Gasteiger partial charge in [-0.05, 0) is 65.8 Å². The molecule has 0 amide bonds. The third-order valence-electron chi connectivity index (χ3n) is 5.72. The second-order valence-electron chi connectivity index (χ2n) is 8.41. The second-order valence-corrected chi connectivity index (χ2v) is 8.41. The molecule has 1 unspecified atom stereocenters. The molecule has 2 heterocycles. The fraction of sp³-hybridized carbons (Fsp3) is 0.778. The molecular formula is C18H30BN3O2. The number of allylic oxidation sites excluding steroid dienone is 2. The van der Waals surface area contributed by atoms with Crippen molar-refractivity contribution in [3.05, 3.63) is 23.7 Å². The molecule has 1 fully saturated rings. The Morgan fingerprint density at radius 2 is 1.83 bits per heavy atom. The van der Waals surface area contributed by atoms with Gasteiger partial charge in [-0.3, -0.25) is 4.68 Å². The summed E-state index contributed by atoms with van der Waals surface area (Å²) in [6.07, 6.45) is 8.39. The average Bonchev–Trinajstić information content (AvgIpc) is 3.03. The minimum Gasteiger partial charge on any atom is -0.400 e. The van der Waals surface area contributed by atoms with E-state index in [1.807, 2.05) is 11.0 Å². The number of rotatable bonds is 4. The van der Waals surface area contributed by atoms with Crippen LogP contribution in [0.4, 0.5) is 0 Å². The monoisotopic (exact) mass is 331 g/mol. The molecule has 1 saturated heterocycles. The predicted octanol–water partition coefficient (Wildman–Crippen LogP) is 3.69. The maximum absolute atomic E-state index is 6.24. The zero-order chi connectivity index (χ0) is 17.6. The molecule has 6 heteroatoms. The lowest BCUT2D eigenvalue weighted by Crippen LogP contribution is -2.41. The van der Waals surface area contributed by atoms with Gasteiger partial charge >= 0.3 is 7.12 Å². The molecule has 0 N–H and O–H groups in total. The molecule has 1 aliphatic carbocycles. The smallest absolute Gasteiger partial charge is 0.400 e. The van der Waals surface area contributed by atoms with Crippen LogP contribution >= 0.6 is 0 Å². The van der Waals surface area contributed by atoms with Gasteiger partial charge in [-0.15, -0.1) is 0 Å². The Morgan fingerprint density at radius 1 is 1.17 bits per heavy atom. The van der Waals surface area contributed by atoms with E-state index in [2.05, 4.69) is 52.6 Å². The van der Waals surface area contributed by atoms with Crippen molar-refractivity contribution in [1.82, 2.24) is 14.8 Å². The third-order valence-corrected chi connectivity index (χ3v) is 5.72. The summed E-state index contributed by atoms with van der Waals surface area (Å²) in [5.74, 6) is 0.907. The fourth-order valence-electron chi connectivity index (χ4n) is 3.46. The van der Waals surface area contributed by atoms with Crippen molar-refractivity contribution in [3.63, 3.8) is 0 Å². The second kappa shape index (κ2) is 5.99. The summed E-state index contributed by atoms with van der Waals surface area (Å²) in [4.78, 5) is 4.57. The molecule has 0 bridgehead atoms. The first-order chi connectivity index (χ1) is 11.2. The first kappa shape index (κ1) is 17.7. The molecule has 24 heavy (non-hydrogen) atoms. The Balaban J connectivity index is 1.85. The van der Waals surface area contributed by atoms with Gasteiger partial charge in [-0.1, -0.05) is 13.0 Å². The predicted molar refractivity (Wildman–Crippen MR) is 95.7 cm³/mol. The third kappa shape index (κ3) is 3.06. The normalized spacial score (nSPS) is 28.9. The average molecular weight is 331 g/mol. The van der Waals surface area contributed by atoms with Crippen LogP contribution in [-0.4, -0.2) is 33.1 Å². The Kier molecular flexibility index (Phi) is 4.41. The summed E-state index contributed by atoms with van der Waals surface area (Å²) < 4.78 is 14.4. The zero-order valence-corrected chi connectivity index (χ0v) is 15.9. The van der Waals surface area contributed by atoms with Crippen molar-refractivity contribution in [2.45, 2.75) is 90.4 Å². The Hall–Kier alpha value is -1.14. The number of nitrogens with zero attached hydrogens (tertiary/aromatic N) is 3. The quantitative estimate of drug-likeness (QED) is 0.790. The van der Waals surface area contributed by atoms with E-state index in [0.717, 1.165) is 38.1 Å². The molecule has 0 aromatic carbocycles. The first-order valence-corrected chi connectivity index (χ1v) is 9.14. The highest BCUT2D eigenvalue weighted by molar-refractivity contribution is 6.54. The number of aromatic nitrogens is 3.